The first-order valence-electron chi connectivity index (χ1n) is 6.91. The molecule has 1 saturated heterocycles. The smallest absolute Gasteiger partial charge is 0.303 e. The number of carbonyl (C=O) groups is 2. The second-order valence-corrected chi connectivity index (χ2v) is 5.27. The van der Waals surface area contributed by atoms with Crippen LogP contribution in [0, 0.1) is 5.92 Å². The number of nitrogens with zero attached hydrogens (tertiary/aromatic N) is 2. The van der Waals surface area contributed by atoms with Crippen molar-refractivity contribution in [1.29, 1.82) is 0 Å². The van der Waals surface area contributed by atoms with E-state index in [1.807, 2.05) is 0 Å². The number of amides is 1. The average molecular weight is 300 g/mol. The lowest BCUT2D eigenvalue weighted by Crippen LogP contribution is -2.39. The van der Waals surface area contributed by atoms with Crippen LogP contribution in [0.5, 0.6) is 0 Å². The van der Waals surface area contributed by atoms with Crippen LogP contribution in [0.4, 0.5) is 8.78 Å². The molecule has 0 aliphatic carbocycles. The minimum absolute atomic E-state index is 0.0828. The number of hydrogen-bond donors (Lipinski definition) is 1. The third-order valence-electron chi connectivity index (χ3n) is 3.75. The molecule has 1 aromatic heterocycles. The highest BCUT2D eigenvalue weighted by atomic mass is 19.3. The number of carbonyl (C=O) groups excluding carboxylic acids is 1. The van der Waals surface area contributed by atoms with E-state index >= 15 is 0 Å². The van der Waals surface area contributed by atoms with Crippen molar-refractivity contribution < 1.29 is 23.5 Å². The number of carboxylic acids is 1. The Morgan fingerprint density at radius 2 is 2.00 bits per heavy atom. The normalized spacial score (nSPS) is 16.4. The summed E-state index contributed by atoms with van der Waals surface area (Å²) in [6, 6.07) is 3.11. The van der Waals surface area contributed by atoms with Gasteiger partial charge in [-0.25, -0.2) is 8.78 Å². The lowest BCUT2D eigenvalue weighted by Gasteiger charge is -2.31. The van der Waals surface area contributed by atoms with Gasteiger partial charge in [0.15, 0.2) is 0 Å². The number of likely N-dealkylation sites (tertiary alicyclic amines) is 1. The molecule has 7 heteroatoms. The molecular weight excluding hydrogens is 282 g/mol. The minimum Gasteiger partial charge on any atom is -0.481 e. The summed E-state index contributed by atoms with van der Waals surface area (Å²) in [6.45, 7) is 0.441. The Bertz CT molecular complexity index is 508. The fraction of sp³-hybridized carbons (Fsp3) is 0.571. The summed E-state index contributed by atoms with van der Waals surface area (Å²) in [4.78, 5) is 24.6. The molecule has 0 bridgehead atoms. The maximum atomic E-state index is 12.5. The molecule has 1 aromatic rings. The van der Waals surface area contributed by atoms with Gasteiger partial charge in [0.1, 0.15) is 5.69 Å². The van der Waals surface area contributed by atoms with Crippen LogP contribution in [0.2, 0.25) is 0 Å². The highest BCUT2D eigenvalue weighted by Crippen LogP contribution is 2.22. The molecule has 0 atom stereocenters. The van der Waals surface area contributed by atoms with Gasteiger partial charge in [-0.15, -0.1) is 0 Å². The summed E-state index contributed by atoms with van der Waals surface area (Å²) in [6.07, 6.45) is 0.340. The molecule has 1 fully saturated rings. The molecule has 0 saturated carbocycles. The van der Waals surface area contributed by atoms with Gasteiger partial charge >= 0.3 is 5.97 Å². The Labute approximate surface area is 121 Å². The third kappa shape index (κ3) is 4.03. The molecule has 2 rings (SSSR count). The zero-order valence-corrected chi connectivity index (χ0v) is 11.5. The number of aromatic nitrogens is 1. The van der Waals surface area contributed by atoms with Crippen LogP contribution in [0.3, 0.4) is 0 Å². The summed E-state index contributed by atoms with van der Waals surface area (Å²) >= 11 is 0. The SMILES string of the molecule is O=C(O)CC1CCN(C(=O)c2cccn2CC(F)F)CC1. The van der Waals surface area contributed by atoms with Gasteiger partial charge in [-0.1, -0.05) is 0 Å². The first kappa shape index (κ1) is 15.5. The largest absolute Gasteiger partial charge is 0.481 e. The van der Waals surface area contributed by atoms with Gasteiger partial charge < -0.3 is 14.6 Å². The van der Waals surface area contributed by atoms with E-state index < -0.39 is 18.9 Å². The number of halogens is 2. The van der Waals surface area contributed by atoms with Crippen LogP contribution < -0.4 is 0 Å². The molecule has 1 aliphatic rings. The summed E-state index contributed by atoms with van der Waals surface area (Å²) in [5, 5.41) is 8.76. The fourth-order valence-electron chi connectivity index (χ4n) is 2.67. The van der Waals surface area contributed by atoms with Gasteiger partial charge in [0.2, 0.25) is 0 Å². The average Bonchev–Trinajstić information content (AvgIpc) is 2.85. The van der Waals surface area contributed by atoms with Gasteiger partial charge in [0.25, 0.3) is 12.3 Å². The van der Waals surface area contributed by atoms with Crippen molar-refractivity contribution in [2.75, 3.05) is 13.1 Å². The van der Waals surface area contributed by atoms with E-state index in [-0.39, 0.29) is 23.9 Å². The number of rotatable bonds is 5. The molecule has 1 aliphatic heterocycles. The second-order valence-electron chi connectivity index (χ2n) is 5.27. The van der Waals surface area contributed by atoms with E-state index in [0.717, 1.165) is 0 Å². The molecule has 116 valence electrons. The molecule has 1 N–H and O–H groups in total. The highest BCUT2D eigenvalue weighted by Gasteiger charge is 2.26. The van der Waals surface area contributed by atoms with Crippen LogP contribution in [-0.4, -0.2) is 46.0 Å². The van der Waals surface area contributed by atoms with E-state index in [1.54, 1.807) is 11.0 Å². The van der Waals surface area contributed by atoms with Crippen molar-refractivity contribution in [2.24, 2.45) is 5.92 Å². The van der Waals surface area contributed by atoms with Crippen LogP contribution in [0.15, 0.2) is 18.3 Å². The summed E-state index contributed by atoms with van der Waals surface area (Å²) in [5.41, 5.74) is 0.256. The van der Waals surface area contributed by atoms with Gasteiger partial charge in [0, 0.05) is 25.7 Å². The van der Waals surface area contributed by atoms with Crippen molar-refractivity contribution in [3.8, 4) is 0 Å². The van der Waals surface area contributed by atoms with Gasteiger partial charge in [-0.05, 0) is 30.9 Å². The third-order valence-corrected chi connectivity index (χ3v) is 3.75. The standard InChI is InChI=1S/C14H18F2N2O3/c15-12(16)9-18-5-1-2-11(18)14(21)17-6-3-10(4-7-17)8-13(19)20/h1-2,5,10,12H,3-4,6-9H2,(H,19,20). The first-order chi connectivity index (χ1) is 9.97. The molecule has 0 spiro atoms. The quantitative estimate of drug-likeness (QED) is 0.905. The lowest BCUT2D eigenvalue weighted by molar-refractivity contribution is -0.138. The lowest BCUT2D eigenvalue weighted by atomic mass is 9.93. The predicted molar refractivity (Wildman–Crippen MR) is 71.3 cm³/mol. The molecule has 21 heavy (non-hydrogen) atoms. The zero-order valence-electron chi connectivity index (χ0n) is 11.5. The Morgan fingerprint density at radius 3 is 2.57 bits per heavy atom. The predicted octanol–water partition coefficient (Wildman–Crippen LogP) is 2.08. The molecule has 1 amide bonds. The maximum absolute atomic E-state index is 12.5. The summed E-state index contributed by atoms with van der Waals surface area (Å²) in [5.74, 6) is -1.01. The highest BCUT2D eigenvalue weighted by molar-refractivity contribution is 5.92. The van der Waals surface area contributed by atoms with Crippen LogP contribution in [0.1, 0.15) is 29.8 Å². The van der Waals surface area contributed by atoms with Crippen molar-refractivity contribution >= 4 is 11.9 Å². The van der Waals surface area contributed by atoms with Crippen molar-refractivity contribution in [3.05, 3.63) is 24.0 Å². The van der Waals surface area contributed by atoms with E-state index in [1.165, 1.54) is 16.8 Å². The number of alkyl halides is 2. The summed E-state index contributed by atoms with van der Waals surface area (Å²) < 4.78 is 26.2. The number of aliphatic carboxylic acids is 1. The molecule has 2 heterocycles. The monoisotopic (exact) mass is 300 g/mol. The molecule has 5 nitrogen and oxygen atoms in total. The van der Waals surface area contributed by atoms with E-state index in [9.17, 15) is 18.4 Å². The van der Waals surface area contributed by atoms with E-state index in [4.69, 9.17) is 5.11 Å². The van der Waals surface area contributed by atoms with Crippen molar-refractivity contribution in [2.45, 2.75) is 32.2 Å². The molecule has 0 unspecified atom stereocenters. The Kier molecular flexibility index (Phi) is 4.93. The number of carboxylic acid groups (broad SMARTS) is 1. The number of hydrogen-bond acceptors (Lipinski definition) is 2. The van der Waals surface area contributed by atoms with Crippen molar-refractivity contribution in [3.63, 3.8) is 0 Å². The molecule has 0 radical (unpaired) electrons. The molecular formula is C14H18F2N2O3. The van der Waals surface area contributed by atoms with Gasteiger partial charge in [0.05, 0.1) is 6.54 Å². The second kappa shape index (κ2) is 6.69. The van der Waals surface area contributed by atoms with E-state index in [2.05, 4.69) is 0 Å². The number of piperidine rings is 1. The van der Waals surface area contributed by atoms with Crippen LogP contribution in [-0.2, 0) is 11.3 Å². The molecule has 0 aromatic carbocycles. The topological polar surface area (TPSA) is 62.5 Å². The van der Waals surface area contributed by atoms with Gasteiger partial charge in [-0.3, -0.25) is 9.59 Å². The minimum atomic E-state index is -2.51. The van der Waals surface area contributed by atoms with E-state index in [0.29, 0.717) is 25.9 Å². The fourth-order valence-corrected chi connectivity index (χ4v) is 2.67. The maximum Gasteiger partial charge on any atom is 0.303 e. The first-order valence-corrected chi connectivity index (χ1v) is 6.91. The summed E-state index contributed by atoms with van der Waals surface area (Å²) in [7, 11) is 0. The zero-order chi connectivity index (χ0) is 15.4. The van der Waals surface area contributed by atoms with Crippen LogP contribution >= 0.6 is 0 Å². The Balaban J connectivity index is 1.96. The van der Waals surface area contributed by atoms with Gasteiger partial charge in [-0.2, -0.15) is 0 Å². The van der Waals surface area contributed by atoms with Crippen molar-refractivity contribution in [1.82, 2.24) is 9.47 Å². The van der Waals surface area contributed by atoms with Crippen LogP contribution in [0.25, 0.3) is 0 Å². The Morgan fingerprint density at radius 1 is 1.33 bits per heavy atom. The Hall–Kier alpha value is -1.92.